The molecule has 1 saturated heterocycles. The first kappa shape index (κ1) is 14.8. The Morgan fingerprint density at radius 1 is 1.29 bits per heavy atom. The Bertz CT molecular complexity index is 574. The van der Waals surface area contributed by atoms with Gasteiger partial charge in [0.2, 0.25) is 5.96 Å². The summed E-state index contributed by atoms with van der Waals surface area (Å²) in [6, 6.07) is 4.73. The highest BCUT2D eigenvalue weighted by Crippen LogP contribution is 2.26. The minimum absolute atomic E-state index is 0.0157. The molecule has 0 amide bonds. The number of anilines is 1. The van der Waals surface area contributed by atoms with E-state index in [1.54, 1.807) is 6.07 Å². The highest BCUT2D eigenvalue weighted by molar-refractivity contribution is 5.89. The molecule has 0 aliphatic carbocycles. The van der Waals surface area contributed by atoms with Gasteiger partial charge >= 0.3 is 0 Å². The average Bonchev–Trinajstić information content (AvgIpc) is 2.47. The van der Waals surface area contributed by atoms with E-state index in [0.29, 0.717) is 5.56 Å². The molecule has 1 aliphatic rings. The fraction of sp³-hybridized carbons (Fsp3) is 0.385. The maximum atomic E-state index is 10.9. The monoisotopic (exact) mass is 290 g/mol. The Labute approximate surface area is 122 Å². The molecule has 0 aromatic heterocycles. The topological polar surface area (TPSA) is 123 Å². The van der Waals surface area contributed by atoms with Gasteiger partial charge in [-0.1, -0.05) is 0 Å². The van der Waals surface area contributed by atoms with E-state index in [-0.39, 0.29) is 11.6 Å². The van der Waals surface area contributed by atoms with E-state index in [9.17, 15) is 10.1 Å². The maximum Gasteiger partial charge on any atom is 0.270 e. The number of hydrogen-bond donors (Lipinski definition) is 2. The Balaban J connectivity index is 2.35. The second kappa shape index (κ2) is 6.69. The molecule has 1 fully saturated rings. The van der Waals surface area contributed by atoms with E-state index in [4.69, 9.17) is 11.5 Å². The van der Waals surface area contributed by atoms with Crippen LogP contribution in [0.1, 0.15) is 24.8 Å². The summed E-state index contributed by atoms with van der Waals surface area (Å²) in [5, 5.41) is 18.2. The third-order valence-corrected chi connectivity index (χ3v) is 3.29. The lowest BCUT2D eigenvalue weighted by molar-refractivity contribution is -0.384. The van der Waals surface area contributed by atoms with E-state index in [0.717, 1.165) is 31.6 Å². The van der Waals surface area contributed by atoms with Gasteiger partial charge in [-0.05, 0) is 25.3 Å². The van der Waals surface area contributed by atoms with Gasteiger partial charge in [-0.2, -0.15) is 5.10 Å². The lowest BCUT2D eigenvalue weighted by atomic mass is 10.1. The first-order valence-corrected chi connectivity index (χ1v) is 6.73. The summed E-state index contributed by atoms with van der Waals surface area (Å²) in [6.45, 7) is 1.86. The molecule has 0 spiro atoms. The Morgan fingerprint density at radius 3 is 2.62 bits per heavy atom. The van der Waals surface area contributed by atoms with Crippen LogP contribution in [0.15, 0.2) is 28.4 Å². The number of nitro benzene ring substituents is 1. The molecule has 0 atom stereocenters. The molecule has 0 bridgehead atoms. The van der Waals surface area contributed by atoms with E-state index in [1.165, 1.54) is 24.8 Å². The fourth-order valence-corrected chi connectivity index (χ4v) is 2.34. The molecule has 0 unspecified atom stereocenters. The summed E-state index contributed by atoms with van der Waals surface area (Å²) < 4.78 is 0. The quantitative estimate of drug-likeness (QED) is 0.373. The lowest BCUT2D eigenvalue weighted by Gasteiger charge is -2.29. The van der Waals surface area contributed by atoms with Crippen LogP contribution in [0.5, 0.6) is 0 Å². The van der Waals surface area contributed by atoms with E-state index in [2.05, 4.69) is 15.1 Å². The summed E-state index contributed by atoms with van der Waals surface area (Å²) in [7, 11) is 0. The van der Waals surface area contributed by atoms with Crippen molar-refractivity contribution in [2.45, 2.75) is 19.3 Å². The molecule has 0 saturated carbocycles. The van der Waals surface area contributed by atoms with Gasteiger partial charge in [0.05, 0.1) is 11.1 Å². The van der Waals surface area contributed by atoms with Crippen LogP contribution in [-0.4, -0.2) is 30.2 Å². The normalized spacial score (nSPS) is 15.1. The van der Waals surface area contributed by atoms with Gasteiger partial charge in [0.25, 0.3) is 5.69 Å². The maximum absolute atomic E-state index is 10.9. The number of nitrogens with zero attached hydrogens (tertiary/aromatic N) is 4. The van der Waals surface area contributed by atoms with Crippen molar-refractivity contribution < 1.29 is 4.92 Å². The number of rotatable bonds is 4. The molecule has 112 valence electrons. The standard InChI is InChI=1S/C13H18N6O2/c14-13(15)17-16-9-10-8-11(19(20)21)4-5-12(10)18-6-2-1-3-7-18/h4-5,8-9H,1-3,6-7H2,(H4,14,15,17)/b16-9+. The van der Waals surface area contributed by atoms with Crippen molar-refractivity contribution in [1.29, 1.82) is 0 Å². The molecule has 4 N–H and O–H groups in total. The average molecular weight is 290 g/mol. The molecule has 21 heavy (non-hydrogen) atoms. The summed E-state index contributed by atoms with van der Waals surface area (Å²) in [5.74, 6) is -0.156. The highest BCUT2D eigenvalue weighted by atomic mass is 16.6. The summed E-state index contributed by atoms with van der Waals surface area (Å²) in [4.78, 5) is 12.7. The molecule has 2 rings (SSSR count). The van der Waals surface area contributed by atoms with Gasteiger partial charge in [-0.25, -0.2) is 0 Å². The predicted molar refractivity (Wildman–Crippen MR) is 82.6 cm³/mol. The fourth-order valence-electron chi connectivity index (χ4n) is 2.34. The van der Waals surface area contributed by atoms with Crippen LogP contribution in [0.4, 0.5) is 11.4 Å². The lowest BCUT2D eigenvalue weighted by Crippen LogP contribution is -2.30. The zero-order valence-corrected chi connectivity index (χ0v) is 11.6. The van der Waals surface area contributed by atoms with E-state index < -0.39 is 4.92 Å². The van der Waals surface area contributed by atoms with Gasteiger partial charge < -0.3 is 16.4 Å². The number of piperidine rings is 1. The predicted octanol–water partition coefficient (Wildman–Crippen LogP) is 1.19. The Kier molecular flexibility index (Phi) is 4.70. The van der Waals surface area contributed by atoms with Crippen LogP contribution in [0.3, 0.4) is 0 Å². The number of benzene rings is 1. The number of hydrogen-bond acceptors (Lipinski definition) is 5. The van der Waals surface area contributed by atoms with Gasteiger partial charge in [0.1, 0.15) is 0 Å². The summed E-state index contributed by atoms with van der Waals surface area (Å²) in [6.07, 6.45) is 4.88. The number of guanidine groups is 1. The minimum Gasteiger partial charge on any atom is -0.371 e. The van der Waals surface area contributed by atoms with E-state index >= 15 is 0 Å². The van der Waals surface area contributed by atoms with Gasteiger partial charge in [0, 0.05) is 36.5 Å². The number of nitro groups is 1. The zero-order valence-electron chi connectivity index (χ0n) is 11.6. The van der Waals surface area contributed by atoms with Crippen molar-refractivity contribution in [1.82, 2.24) is 0 Å². The van der Waals surface area contributed by atoms with Gasteiger partial charge in [-0.3, -0.25) is 10.1 Å². The van der Waals surface area contributed by atoms with Crippen LogP contribution in [0.25, 0.3) is 0 Å². The Morgan fingerprint density at radius 2 is 2.00 bits per heavy atom. The van der Waals surface area contributed by atoms with Gasteiger partial charge in [0.15, 0.2) is 0 Å². The van der Waals surface area contributed by atoms with Crippen molar-refractivity contribution in [3.63, 3.8) is 0 Å². The largest absolute Gasteiger partial charge is 0.371 e. The SMILES string of the molecule is NC(N)=N/N=C/c1cc([N+](=O)[O-])ccc1N1CCCCC1. The summed E-state index contributed by atoms with van der Waals surface area (Å²) in [5.41, 5.74) is 12.0. The number of non-ortho nitro benzene ring substituents is 1. The summed E-state index contributed by atoms with van der Waals surface area (Å²) >= 11 is 0. The zero-order chi connectivity index (χ0) is 15.2. The molecule has 8 heteroatoms. The molecule has 0 radical (unpaired) electrons. The first-order chi connectivity index (χ1) is 10.1. The van der Waals surface area contributed by atoms with Crippen molar-refractivity contribution >= 4 is 23.5 Å². The third-order valence-electron chi connectivity index (χ3n) is 3.29. The molecule has 1 aromatic carbocycles. The molecular weight excluding hydrogens is 272 g/mol. The second-order valence-electron chi connectivity index (χ2n) is 4.82. The molecule has 1 aromatic rings. The van der Waals surface area contributed by atoms with Crippen LogP contribution < -0.4 is 16.4 Å². The van der Waals surface area contributed by atoms with Crippen molar-refractivity contribution in [2.75, 3.05) is 18.0 Å². The van der Waals surface area contributed by atoms with Crippen LogP contribution in [-0.2, 0) is 0 Å². The third kappa shape index (κ3) is 3.91. The molecule has 1 heterocycles. The van der Waals surface area contributed by atoms with Crippen molar-refractivity contribution in [3.05, 3.63) is 33.9 Å². The minimum atomic E-state index is -0.433. The highest BCUT2D eigenvalue weighted by Gasteiger charge is 2.16. The first-order valence-electron chi connectivity index (χ1n) is 6.73. The van der Waals surface area contributed by atoms with Crippen molar-refractivity contribution in [2.24, 2.45) is 21.7 Å². The van der Waals surface area contributed by atoms with Crippen LogP contribution in [0.2, 0.25) is 0 Å². The van der Waals surface area contributed by atoms with Crippen LogP contribution >= 0.6 is 0 Å². The molecule has 8 nitrogen and oxygen atoms in total. The van der Waals surface area contributed by atoms with Crippen LogP contribution in [0, 0.1) is 10.1 Å². The smallest absolute Gasteiger partial charge is 0.270 e. The second-order valence-corrected chi connectivity index (χ2v) is 4.82. The number of nitrogens with two attached hydrogens (primary N) is 2. The molecule has 1 aliphatic heterocycles. The van der Waals surface area contributed by atoms with Crippen molar-refractivity contribution in [3.8, 4) is 0 Å². The van der Waals surface area contributed by atoms with Gasteiger partial charge in [-0.15, -0.1) is 5.10 Å². The molecular formula is C13H18N6O2. The van der Waals surface area contributed by atoms with E-state index in [1.807, 2.05) is 0 Å². The Hall–Kier alpha value is -2.64.